The monoisotopic (exact) mass is 196 g/mol. The minimum atomic E-state index is -0.245. The molecular formula is C11H20N2O. The van der Waals surface area contributed by atoms with E-state index in [0.717, 1.165) is 19.3 Å². The van der Waals surface area contributed by atoms with Gasteiger partial charge >= 0.3 is 0 Å². The molecule has 0 saturated carbocycles. The minimum Gasteiger partial charge on any atom is -0.353 e. The first-order valence-corrected chi connectivity index (χ1v) is 5.20. The maximum atomic E-state index is 11.5. The van der Waals surface area contributed by atoms with E-state index in [-0.39, 0.29) is 11.4 Å². The van der Waals surface area contributed by atoms with Gasteiger partial charge in [-0.1, -0.05) is 12.2 Å². The Morgan fingerprint density at radius 3 is 2.57 bits per heavy atom. The van der Waals surface area contributed by atoms with Crippen molar-refractivity contribution in [2.24, 2.45) is 5.73 Å². The fraction of sp³-hybridized carbons (Fsp3) is 0.727. The molecule has 0 saturated heterocycles. The molecule has 3 heteroatoms. The Balaban J connectivity index is 2.16. The van der Waals surface area contributed by atoms with E-state index in [0.29, 0.717) is 12.5 Å². The lowest BCUT2D eigenvalue weighted by atomic mass is 10.00. The van der Waals surface area contributed by atoms with Gasteiger partial charge in [-0.25, -0.2) is 0 Å². The van der Waals surface area contributed by atoms with Gasteiger partial charge in [0.2, 0.25) is 5.91 Å². The van der Waals surface area contributed by atoms with E-state index < -0.39 is 0 Å². The Hall–Kier alpha value is -0.830. The zero-order valence-electron chi connectivity index (χ0n) is 9.05. The van der Waals surface area contributed by atoms with E-state index in [1.54, 1.807) is 0 Å². The standard InChI is InChI=1S/C11H20N2O/c1-11(2,12)8-7-10(14)13-9-5-3-4-6-9/h3-4,9H,5-8,12H2,1-2H3,(H,13,14). The summed E-state index contributed by atoms with van der Waals surface area (Å²) >= 11 is 0. The summed E-state index contributed by atoms with van der Waals surface area (Å²) in [6, 6.07) is 0.323. The molecule has 1 aliphatic rings. The van der Waals surface area contributed by atoms with Crippen LogP contribution in [0, 0.1) is 0 Å². The summed E-state index contributed by atoms with van der Waals surface area (Å²) in [6.45, 7) is 3.88. The number of nitrogens with two attached hydrogens (primary N) is 1. The van der Waals surface area contributed by atoms with Gasteiger partial charge in [-0.3, -0.25) is 4.79 Å². The van der Waals surface area contributed by atoms with Gasteiger partial charge in [-0.05, 0) is 33.1 Å². The molecule has 0 spiro atoms. The number of carbonyl (C=O) groups is 1. The Kier molecular flexibility index (Phi) is 3.69. The fourth-order valence-corrected chi connectivity index (χ4v) is 1.47. The molecule has 80 valence electrons. The maximum Gasteiger partial charge on any atom is 0.220 e. The predicted molar refractivity (Wildman–Crippen MR) is 57.8 cm³/mol. The molecule has 0 aromatic heterocycles. The average Bonchev–Trinajstić information content (AvgIpc) is 2.52. The van der Waals surface area contributed by atoms with Crippen molar-refractivity contribution in [3.8, 4) is 0 Å². The van der Waals surface area contributed by atoms with E-state index in [4.69, 9.17) is 5.73 Å². The number of carbonyl (C=O) groups excluding carboxylic acids is 1. The van der Waals surface area contributed by atoms with Crippen LogP contribution in [-0.2, 0) is 4.79 Å². The van der Waals surface area contributed by atoms with Crippen LogP contribution in [0.5, 0.6) is 0 Å². The van der Waals surface area contributed by atoms with E-state index in [2.05, 4.69) is 17.5 Å². The largest absolute Gasteiger partial charge is 0.353 e. The lowest BCUT2D eigenvalue weighted by molar-refractivity contribution is -0.122. The number of amides is 1. The van der Waals surface area contributed by atoms with Crippen molar-refractivity contribution in [1.29, 1.82) is 0 Å². The second kappa shape index (κ2) is 4.60. The molecule has 1 aliphatic carbocycles. The van der Waals surface area contributed by atoms with Crippen molar-refractivity contribution in [2.75, 3.05) is 0 Å². The first kappa shape index (κ1) is 11.2. The molecule has 0 aliphatic heterocycles. The second-order valence-electron chi connectivity index (χ2n) is 4.70. The van der Waals surface area contributed by atoms with E-state index in [9.17, 15) is 4.79 Å². The van der Waals surface area contributed by atoms with Crippen LogP contribution < -0.4 is 11.1 Å². The quantitative estimate of drug-likeness (QED) is 0.667. The van der Waals surface area contributed by atoms with Crippen LogP contribution in [0.25, 0.3) is 0 Å². The van der Waals surface area contributed by atoms with Crippen LogP contribution in [0.2, 0.25) is 0 Å². The molecule has 0 bridgehead atoms. The third kappa shape index (κ3) is 4.42. The summed E-state index contributed by atoms with van der Waals surface area (Å²) in [5, 5.41) is 2.99. The van der Waals surface area contributed by atoms with Gasteiger partial charge in [0.15, 0.2) is 0 Å². The second-order valence-corrected chi connectivity index (χ2v) is 4.70. The zero-order valence-corrected chi connectivity index (χ0v) is 9.05. The van der Waals surface area contributed by atoms with Gasteiger partial charge in [-0.2, -0.15) is 0 Å². The first-order valence-electron chi connectivity index (χ1n) is 5.20. The lowest BCUT2D eigenvalue weighted by Crippen LogP contribution is -2.37. The highest BCUT2D eigenvalue weighted by atomic mass is 16.1. The molecule has 3 N–H and O–H groups in total. The van der Waals surface area contributed by atoms with Crippen molar-refractivity contribution in [1.82, 2.24) is 5.32 Å². The van der Waals surface area contributed by atoms with Crippen molar-refractivity contribution in [2.45, 2.75) is 51.1 Å². The van der Waals surface area contributed by atoms with E-state index in [1.807, 2.05) is 13.8 Å². The molecule has 0 unspecified atom stereocenters. The lowest BCUT2D eigenvalue weighted by Gasteiger charge is -2.18. The van der Waals surface area contributed by atoms with E-state index >= 15 is 0 Å². The van der Waals surface area contributed by atoms with Gasteiger partial charge in [0.1, 0.15) is 0 Å². The molecule has 14 heavy (non-hydrogen) atoms. The van der Waals surface area contributed by atoms with Crippen LogP contribution >= 0.6 is 0 Å². The molecule has 0 radical (unpaired) electrons. The highest BCUT2D eigenvalue weighted by Crippen LogP contribution is 2.11. The average molecular weight is 196 g/mol. The fourth-order valence-electron chi connectivity index (χ4n) is 1.47. The first-order chi connectivity index (χ1) is 6.47. The number of hydrogen-bond acceptors (Lipinski definition) is 2. The predicted octanol–water partition coefficient (Wildman–Crippen LogP) is 1.34. The number of nitrogens with one attached hydrogen (secondary N) is 1. The molecule has 0 aromatic carbocycles. The Morgan fingerprint density at radius 2 is 2.07 bits per heavy atom. The summed E-state index contributed by atoms with van der Waals surface area (Å²) in [5.74, 6) is 0.122. The SMILES string of the molecule is CC(C)(N)CCC(=O)NC1CC=CC1. The molecule has 0 aromatic rings. The summed E-state index contributed by atoms with van der Waals surface area (Å²) in [6.07, 6.45) is 7.42. The van der Waals surface area contributed by atoms with Crippen LogP contribution in [0.4, 0.5) is 0 Å². The molecule has 1 amide bonds. The van der Waals surface area contributed by atoms with Crippen LogP contribution in [0.1, 0.15) is 39.5 Å². The minimum absolute atomic E-state index is 0.122. The number of hydrogen-bond donors (Lipinski definition) is 2. The molecular weight excluding hydrogens is 176 g/mol. The van der Waals surface area contributed by atoms with Crippen LogP contribution in [-0.4, -0.2) is 17.5 Å². The highest BCUT2D eigenvalue weighted by molar-refractivity contribution is 5.76. The summed E-state index contributed by atoms with van der Waals surface area (Å²) < 4.78 is 0. The topological polar surface area (TPSA) is 55.1 Å². The van der Waals surface area contributed by atoms with Crippen molar-refractivity contribution < 1.29 is 4.79 Å². The maximum absolute atomic E-state index is 11.5. The third-order valence-electron chi connectivity index (χ3n) is 2.37. The molecule has 1 rings (SSSR count). The third-order valence-corrected chi connectivity index (χ3v) is 2.37. The van der Waals surface area contributed by atoms with Gasteiger partial charge in [0, 0.05) is 18.0 Å². The Morgan fingerprint density at radius 1 is 1.50 bits per heavy atom. The molecule has 0 heterocycles. The van der Waals surface area contributed by atoms with Gasteiger partial charge < -0.3 is 11.1 Å². The van der Waals surface area contributed by atoms with Gasteiger partial charge in [-0.15, -0.1) is 0 Å². The molecule has 0 fully saturated rings. The van der Waals surface area contributed by atoms with Crippen molar-refractivity contribution in [3.63, 3.8) is 0 Å². The van der Waals surface area contributed by atoms with Crippen LogP contribution in [0.3, 0.4) is 0 Å². The summed E-state index contributed by atoms with van der Waals surface area (Å²) in [7, 11) is 0. The summed E-state index contributed by atoms with van der Waals surface area (Å²) in [4.78, 5) is 11.5. The Labute approximate surface area is 85.7 Å². The number of rotatable bonds is 4. The highest BCUT2D eigenvalue weighted by Gasteiger charge is 2.16. The van der Waals surface area contributed by atoms with Crippen LogP contribution in [0.15, 0.2) is 12.2 Å². The van der Waals surface area contributed by atoms with Gasteiger partial charge in [0.25, 0.3) is 0 Å². The smallest absolute Gasteiger partial charge is 0.220 e. The van der Waals surface area contributed by atoms with Crippen molar-refractivity contribution >= 4 is 5.91 Å². The summed E-state index contributed by atoms with van der Waals surface area (Å²) in [5.41, 5.74) is 5.55. The molecule has 3 nitrogen and oxygen atoms in total. The van der Waals surface area contributed by atoms with Crippen molar-refractivity contribution in [3.05, 3.63) is 12.2 Å². The zero-order chi connectivity index (χ0) is 10.6. The van der Waals surface area contributed by atoms with E-state index in [1.165, 1.54) is 0 Å². The molecule has 0 atom stereocenters. The van der Waals surface area contributed by atoms with Gasteiger partial charge in [0.05, 0.1) is 0 Å². The normalized spacial score (nSPS) is 17.4. The Bertz CT molecular complexity index is 220.